The highest BCUT2D eigenvalue weighted by Gasteiger charge is 2.03. The van der Waals surface area contributed by atoms with Crippen LogP contribution in [-0.4, -0.2) is 4.98 Å². The summed E-state index contributed by atoms with van der Waals surface area (Å²) in [6, 6.07) is 1.47. The van der Waals surface area contributed by atoms with Crippen molar-refractivity contribution in [2.45, 2.75) is 6.04 Å². The Morgan fingerprint density at radius 1 is 1.50 bits per heavy atom. The van der Waals surface area contributed by atoms with Gasteiger partial charge >= 0.3 is 0 Å². The van der Waals surface area contributed by atoms with Crippen LogP contribution in [0.2, 0.25) is 0 Å². The summed E-state index contributed by atoms with van der Waals surface area (Å²) in [5.74, 6) is 0.329. The van der Waals surface area contributed by atoms with Crippen LogP contribution in [-0.2, 0) is 0 Å². The largest absolute Gasteiger partial charge is 0.396 e. The molecule has 1 aromatic heterocycles. The first-order valence-electron chi connectivity index (χ1n) is 3.54. The van der Waals surface area contributed by atoms with Crippen LogP contribution in [0.1, 0.15) is 11.6 Å². The van der Waals surface area contributed by atoms with Gasteiger partial charge in [0, 0.05) is 12.2 Å². The number of hydrogen-bond donors (Lipinski definition) is 3. The summed E-state index contributed by atoms with van der Waals surface area (Å²) in [5, 5.41) is 0. The van der Waals surface area contributed by atoms with E-state index in [1.165, 1.54) is 0 Å². The van der Waals surface area contributed by atoms with Gasteiger partial charge in [-0.3, -0.25) is 0 Å². The molecular weight excluding hydrogens is 152 g/mol. The molecule has 64 valence electrons. The summed E-state index contributed by atoms with van der Waals surface area (Å²) < 4.78 is 0. The number of nitrogen functional groups attached to an aromatic ring is 2. The summed E-state index contributed by atoms with van der Waals surface area (Å²) in [6.07, 6.45) is 3.21. The SMILES string of the molecule is C=CC(N)c1cnc(N)c(N)c1. The van der Waals surface area contributed by atoms with E-state index in [4.69, 9.17) is 17.2 Å². The maximum absolute atomic E-state index is 5.66. The van der Waals surface area contributed by atoms with Crippen molar-refractivity contribution < 1.29 is 0 Å². The lowest BCUT2D eigenvalue weighted by Crippen LogP contribution is -2.08. The number of nitrogens with zero attached hydrogens (tertiary/aromatic N) is 1. The fourth-order valence-corrected chi connectivity index (χ4v) is 0.828. The molecule has 12 heavy (non-hydrogen) atoms. The predicted molar refractivity (Wildman–Crippen MR) is 50.2 cm³/mol. The Morgan fingerprint density at radius 3 is 2.67 bits per heavy atom. The van der Waals surface area contributed by atoms with E-state index in [0.717, 1.165) is 5.56 Å². The van der Waals surface area contributed by atoms with Crippen LogP contribution in [0.3, 0.4) is 0 Å². The van der Waals surface area contributed by atoms with Gasteiger partial charge in [-0.05, 0) is 11.6 Å². The molecule has 6 N–H and O–H groups in total. The normalized spacial score (nSPS) is 12.4. The number of anilines is 2. The molecule has 0 aliphatic rings. The highest BCUT2D eigenvalue weighted by molar-refractivity contribution is 5.59. The minimum absolute atomic E-state index is 0.236. The molecule has 1 heterocycles. The minimum atomic E-state index is -0.236. The van der Waals surface area contributed by atoms with E-state index in [0.29, 0.717) is 11.5 Å². The van der Waals surface area contributed by atoms with Gasteiger partial charge in [0.05, 0.1) is 5.69 Å². The zero-order valence-corrected chi connectivity index (χ0v) is 6.70. The van der Waals surface area contributed by atoms with Crippen LogP contribution in [0.5, 0.6) is 0 Å². The molecule has 0 aliphatic carbocycles. The van der Waals surface area contributed by atoms with Gasteiger partial charge in [-0.1, -0.05) is 6.08 Å². The van der Waals surface area contributed by atoms with Gasteiger partial charge in [-0.25, -0.2) is 4.98 Å². The number of hydrogen-bond acceptors (Lipinski definition) is 4. The molecule has 0 spiro atoms. The molecule has 0 saturated carbocycles. The molecular formula is C8H12N4. The van der Waals surface area contributed by atoms with E-state index in [2.05, 4.69) is 11.6 Å². The summed E-state index contributed by atoms with van der Waals surface area (Å²) in [6.45, 7) is 3.56. The highest BCUT2D eigenvalue weighted by atomic mass is 14.9. The molecule has 0 amide bonds. The first kappa shape index (κ1) is 8.55. The zero-order valence-electron chi connectivity index (χ0n) is 6.70. The van der Waals surface area contributed by atoms with E-state index in [1.54, 1.807) is 18.3 Å². The fourth-order valence-electron chi connectivity index (χ4n) is 0.828. The second kappa shape index (κ2) is 3.23. The van der Waals surface area contributed by atoms with Gasteiger partial charge in [-0.2, -0.15) is 0 Å². The molecule has 0 fully saturated rings. The average molecular weight is 164 g/mol. The molecule has 4 heteroatoms. The smallest absolute Gasteiger partial charge is 0.146 e. The lowest BCUT2D eigenvalue weighted by Gasteiger charge is -2.07. The van der Waals surface area contributed by atoms with Crippen LogP contribution in [0.25, 0.3) is 0 Å². The van der Waals surface area contributed by atoms with Crippen LogP contribution < -0.4 is 17.2 Å². The van der Waals surface area contributed by atoms with Crippen molar-refractivity contribution in [3.8, 4) is 0 Å². The highest BCUT2D eigenvalue weighted by Crippen LogP contribution is 2.17. The number of nitrogens with two attached hydrogens (primary N) is 3. The van der Waals surface area contributed by atoms with Crippen molar-refractivity contribution in [2.24, 2.45) is 5.73 Å². The monoisotopic (exact) mass is 164 g/mol. The van der Waals surface area contributed by atoms with Crippen LogP contribution in [0, 0.1) is 0 Å². The van der Waals surface area contributed by atoms with Crippen LogP contribution >= 0.6 is 0 Å². The fraction of sp³-hybridized carbons (Fsp3) is 0.125. The molecule has 0 bridgehead atoms. The molecule has 1 atom stereocenters. The van der Waals surface area contributed by atoms with Crippen LogP contribution in [0.4, 0.5) is 11.5 Å². The maximum Gasteiger partial charge on any atom is 0.146 e. The van der Waals surface area contributed by atoms with Gasteiger partial charge in [0.1, 0.15) is 5.82 Å². The molecule has 0 aromatic carbocycles. The summed E-state index contributed by atoms with van der Waals surface area (Å²) in [4.78, 5) is 3.87. The second-order valence-electron chi connectivity index (χ2n) is 2.50. The quantitative estimate of drug-likeness (QED) is 0.553. The Bertz CT molecular complexity index is 295. The van der Waals surface area contributed by atoms with Crippen molar-refractivity contribution in [3.05, 3.63) is 30.5 Å². The van der Waals surface area contributed by atoms with Gasteiger partial charge in [0.15, 0.2) is 0 Å². The van der Waals surface area contributed by atoms with Crippen molar-refractivity contribution in [2.75, 3.05) is 11.5 Å². The Morgan fingerprint density at radius 2 is 2.17 bits per heavy atom. The Hall–Kier alpha value is -1.55. The number of rotatable bonds is 2. The van der Waals surface area contributed by atoms with Crippen molar-refractivity contribution in [1.29, 1.82) is 0 Å². The molecule has 1 aromatic rings. The molecule has 1 unspecified atom stereocenters. The van der Waals surface area contributed by atoms with Gasteiger partial charge in [0.2, 0.25) is 0 Å². The standard InChI is InChI=1S/C8H12N4/c1-2-6(9)5-3-7(10)8(11)12-4-5/h2-4,6H,1,9-10H2,(H2,11,12). The number of pyridine rings is 1. The third-order valence-electron chi connectivity index (χ3n) is 1.61. The zero-order chi connectivity index (χ0) is 9.14. The lowest BCUT2D eigenvalue weighted by molar-refractivity contribution is 0.906. The van der Waals surface area contributed by atoms with Crippen molar-refractivity contribution >= 4 is 11.5 Å². The first-order valence-corrected chi connectivity index (χ1v) is 3.54. The average Bonchev–Trinajstić information content (AvgIpc) is 2.08. The van der Waals surface area contributed by atoms with Gasteiger partial charge in [-0.15, -0.1) is 6.58 Å². The summed E-state index contributed by atoms with van der Waals surface area (Å²) in [7, 11) is 0. The molecule has 4 nitrogen and oxygen atoms in total. The molecule has 0 aliphatic heterocycles. The van der Waals surface area contributed by atoms with E-state index in [1.807, 2.05) is 0 Å². The summed E-state index contributed by atoms with van der Waals surface area (Å²) in [5.41, 5.74) is 17.9. The summed E-state index contributed by atoms with van der Waals surface area (Å²) >= 11 is 0. The molecule has 0 radical (unpaired) electrons. The van der Waals surface area contributed by atoms with Crippen molar-refractivity contribution in [3.63, 3.8) is 0 Å². The van der Waals surface area contributed by atoms with E-state index in [-0.39, 0.29) is 6.04 Å². The Balaban J connectivity index is 3.04. The maximum atomic E-state index is 5.66. The van der Waals surface area contributed by atoms with E-state index < -0.39 is 0 Å². The Kier molecular flexibility index (Phi) is 2.30. The minimum Gasteiger partial charge on any atom is -0.396 e. The first-order chi connectivity index (χ1) is 5.65. The van der Waals surface area contributed by atoms with E-state index in [9.17, 15) is 0 Å². The predicted octanol–water partition coefficient (Wildman–Crippen LogP) is 0.432. The third-order valence-corrected chi connectivity index (χ3v) is 1.61. The second-order valence-corrected chi connectivity index (χ2v) is 2.50. The lowest BCUT2D eigenvalue weighted by atomic mass is 10.1. The molecule has 0 saturated heterocycles. The van der Waals surface area contributed by atoms with E-state index >= 15 is 0 Å². The van der Waals surface area contributed by atoms with Gasteiger partial charge in [0.25, 0.3) is 0 Å². The Labute approximate surface area is 71.1 Å². The molecule has 1 rings (SSSR count). The topological polar surface area (TPSA) is 90.9 Å². The van der Waals surface area contributed by atoms with Crippen molar-refractivity contribution in [1.82, 2.24) is 4.98 Å². The third kappa shape index (κ3) is 1.54. The van der Waals surface area contributed by atoms with Crippen LogP contribution in [0.15, 0.2) is 24.9 Å². The number of aromatic nitrogens is 1. The van der Waals surface area contributed by atoms with Gasteiger partial charge < -0.3 is 17.2 Å².